The number of hydrogen-bond donors (Lipinski definition) is 1. The number of thiophene rings is 1. The van der Waals surface area contributed by atoms with Crippen LogP contribution in [0, 0.1) is 46.6 Å². The van der Waals surface area contributed by atoms with Gasteiger partial charge in [0.15, 0.2) is 0 Å². The van der Waals surface area contributed by atoms with E-state index in [0.717, 1.165) is 41.7 Å². The fraction of sp³-hybridized carbons (Fsp3) is 0.240. The van der Waals surface area contributed by atoms with Crippen LogP contribution in [-0.2, 0) is 17.6 Å². The summed E-state index contributed by atoms with van der Waals surface area (Å²) >= 11 is 1.39. The fourth-order valence-electron chi connectivity index (χ4n) is 3.99. The van der Waals surface area contributed by atoms with Crippen molar-refractivity contribution in [1.82, 2.24) is 0 Å². The summed E-state index contributed by atoms with van der Waals surface area (Å²) in [5, 5.41) is 33.7. The topological polar surface area (TPSA) is 133 Å². The minimum Gasteiger partial charge on any atom is -0.457 e. The minimum atomic E-state index is -0.627. The monoisotopic (exact) mass is 472 g/mol. The van der Waals surface area contributed by atoms with Gasteiger partial charge in [0.05, 0.1) is 10.5 Å². The number of nitro groups is 1. The van der Waals surface area contributed by atoms with Gasteiger partial charge >= 0.3 is 0 Å². The van der Waals surface area contributed by atoms with Crippen LogP contribution in [0.25, 0.3) is 17.4 Å². The molecule has 1 amide bonds. The van der Waals surface area contributed by atoms with Crippen LogP contribution in [0.1, 0.15) is 45.7 Å². The molecule has 8 nitrogen and oxygen atoms in total. The number of aryl methyl sites for hydroxylation is 2. The molecule has 0 bridgehead atoms. The third-order valence-corrected chi connectivity index (χ3v) is 7.12. The van der Waals surface area contributed by atoms with Crippen LogP contribution >= 0.6 is 11.3 Å². The first-order valence-electron chi connectivity index (χ1n) is 10.7. The van der Waals surface area contributed by atoms with Crippen molar-refractivity contribution in [3.05, 3.63) is 72.8 Å². The van der Waals surface area contributed by atoms with Crippen molar-refractivity contribution in [3.63, 3.8) is 0 Å². The first kappa shape index (κ1) is 23.0. The second kappa shape index (κ2) is 9.34. The number of hydrogen-bond acceptors (Lipinski definition) is 7. The normalized spacial score (nSPS) is 13.0. The lowest BCUT2D eigenvalue weighted by molar-refractivity contribution is -0.385. The van der Waals surface area contributed by atoms with E-state index in [0.29, 0.717) is 27.5 Å². The number of amides is 1. The summed E-state index contributed by atoms with van der Waals surface area (Å²) in [5.74, 6) is 0.0128. The number of carbonyl (C=O) groups is 1. The fourth-order valence-corrected chi connectivity index (χ4v) is 5.23. The average molecular weight is 473 g/mol. The number of carbonyl (C=O) groups excluding carboxylic acids is 1. The summed E-state index contributed by atoms with van der Waals surface area (Å²) in [5.41, 5.74) is 3.14. The molecule has 2 aromatic heterocycles. The van der Waals surface area contributed by atoms with Gasteiger partial charge in [0, 0.05) is 28.1 Å². The van der Waals surface area contributed by atoms with E-state index in [1.54, 1.807) is 32.0 Å². The van der Waals surface area contributed by atoms with Gasteiger partial charge in [0.2, 0.25) is 0 Å². The van der Waals surface area contributed by atoms with Crippen LogP contribution in [0.5, 0.6) is 0 Å². The van der Waals surface area contributed by atoms with Gasteiger partial charge in [-0.25, -0.2) is 0 Å². The standard InChI is InChI=1S/C25H20N4O4S/c1-14-9-16(11-21(15(14)2)29(31)32)22-8-7-18(33-22)10-17(12-26)24(30)28-25-20(13-27)19-5-3-4-6-23(19)34-25/h7-11H,3-6H2,1-2H3,(H,28,30)/b17-10+. The van der Waals surface area contributed by atoms with Crippen LogP contribution < -0.4 is 5.32 Å². The molecule has 0 unspecified atom stereocenters. The summed E-state index contributed by atoms with van der Waals surface area (Å²) in [6, 6.07) is 10.5. The largest absolute Gasteiger partial charge is 0.457 e. The summed E-state index contributed by atoms with van der Waals surface area (Å²) in [4.78, 5) is 24.8. The number of nitrogens with zero attached hydrogens (tertiary/aromatic N) is 3. The van der Waals surface area contributed by atoms with E-state index >= 15 is 0 Å². The van der Waals surface area contributed by atoms with E-state index in [1.807, 2.05) is 6.07 Å². The third kappa shape index (κ3) is 4.34. The lowest BCUT2D eigenvalue weighted by atomic mass is 9.96. The molecule has 0 fully saturated rings. The van der Waals surface area contributed by atoms with Gasteiger partial charge in [-0.1, -0.05) is 0 Å². The van der Waals surface area contributed by atoms with Crippen molar-refractivity contribution >= 4 is 34.0 Å². The number of benzene rings is 1. The molecule has 34 heavy (non-hydrogen) atoms. The molecule has 3 aromatic rings. The van der Waals surface area contributed by atoms with Gasteiger partial charge in [-0.15, -0.1) is 11.3 Å². The van der Waals surface area contributed by atoms with Gasteiger partial charge in [0.1, 0.15) is 34.2 Å². The molecule has 9 heteroatoms. The Labute approximate surface area is 199 Å². The highest BCUT2D eigenvalue weighted by molar-refractivity contribution is 7.16. The Morgan fingerprint density at radius 1 is 1.24 bits per heavy atom. The van der Waals surface area contributed by atoms with Crippen molar-refractivity contribution in [2.75, 3.05) is 5.32 Å². The highest BCUT2D eigenvalue weighted by atomic mass is 32.1. The molecule has 1 aromatic carbocycles. The van der Waals surface area contributed by atoms with Gasteiger partial charge in [-0.3, -0.25) is 14.9 Å². The summed E-state index contributed by atoms with van der Waals surface area (Å²) in [6.07, 6.45) is 5.09. The number of nitrogens with one attached hydrogen (secondary N) is 1. The molecule has 0 spiro atoms. The molecular formula is C25H20N4O4S. The van der Waals surface area contributed by atoms with Crippen molar-refractivity contribution in [3.8, 4) is 23.5 Å². The second-order valence-electron chi connectivity index (χ2n) is 8.05. The zero-order valence-corrected chi connectivity index (χ0v) is 19.4. The molecule has 2 heterocycles. The summed E-state index contributed by atoms with van der Waals surface area (Å²) in [6.45, 7) is 3.47. The maximum absolute atomic E-state index is 12.8. The minimum absolute atomic E-state index is 0.00692. The number of furan rings is 1. The van der Waals surface area contributed by atoms with Crippen LogP contribution in [-0.4, -0.2) is 10.8 Å². The van der Waals surface area contributed by atoms with E-state index in [1.165, 1.54) is 23.5 Å². The number of nitriles is 2. The van der Waals surface area contributed by atoms with E-state index in [2.05, 4.69) is 11.4 Å². The molecule has 0 saturated heterocycles. The Morgan fingerprint density at radius 2 is 2.00 bits per heavy atom. The molecule has 4 rings (SSSR count). The second-order valence-corrected chi connectivity index (χ2v) is 9.15. The van der Waals surface area contributed by atoms with Crippen LogP contribution in [0.4, 0.5) is 10.7 Å². The smallest absolute Gasteiger partial charge is 0.273 e. The third-order valence-electron chi connectivity index (χ3n) is 5.91. The Kier molecular flexibility index (Phi) is 6.31. The van der Waals surface area contributed by atoms with Crippen LogP contribution in [0.15, 0.2) is 34.3 Å². The summed E-state index contributed by atoms with van der Waals surface area (Å²) < 4.78 is 5.76. The van der Waals surface area contributed by atoms with Crippen molar-refractivity contribution < 1.29 is 14.1 Å². The maximum Gasteiger partial charge on any atom is 0.273 e. The highest BCUT2D eigenvalue weighted by Crippen LogP contribution is 2.38. The molecule has 0 aliphatic heterocycles. The first-order chi connectivity index (χ1) is 16.3. The SMILES string of the molecule is Cc1cc(-c2ccc(/C=C(\C#N)C(=O)Nc3sc4c(c3C#N)CCCC4)o2)cc([N+](=O)[O-])c1C. The quantitative estimate of drug-likeness (QED) is 0.215. The predicted molar refractivity (Wildman–Crippen MR) is 128 cm³/mol. The molecule has 1 N–H and O–H groups in total. The van der Waals surface area contributed by atoms with Gasteiger partial charge in [0.25, 0.3) is 11.6 Å². The average Bonchev–Trinajstić information content (AvgIpc) is 3.42. The van der Waals surface area contributed by atoms with Gasteiger partial charge in [-0.2, -0.15) is 10.5 Å². The molecule has 0 atom stereocenters. The Balaban J connectivity index is 1.60. The maximum atomic E-state index is 12.8. The number of anilines is 1. The molecule has 1 aliphatic rings. The Hall–Kier alpha value is -4.21. The molecule has 170 valence electrons. The Morgan fingerprint density at radius 3 is 2.71 bits per heavy atom. The highest BCUT2D eigenvalue weighted by Gasteiger charge is 2.23. The molecule has 0 saturated carbocycles. The molecule has 0 radical (unpaired) electrons. The van der Waals surface area contributed by atoms with Gasteiger partial charge < -0.3 is 9.73 Å². The van der Waals surface area contributed by atoms with Gasteiger partial charge in [-0.05, 0) is 68.9 Å². The van der Waals surface area contributed by atoms with E-state index in [-0.39, 0.29) is 17.0 Å². The zero-order chi connectivity index (χ0) is 24.4. The zero-order valence-electron chi connectivity index (χ0n) is 18.6. The van der Waals surface area contributed by atoms with Crippen molar-refractivity contribution in [1.29, 1.82) is 10.5 Å². The van der Waals surface area contributed by atoms with E-state index in [9.17, 15) is 25.4 Å². The summed E-state index contributed by atoms with van der Waals surface area (Å²) in [7, 11) is 0. The predicted octanol–water partition coefficient (Wildman–Crippen LogP) is 5.83. The first-order valence-corrected chi connectivity index (χ1v) is 11.5. The van der Waals surface area contributed by atoms with Crippen LogP contribution in [0.3, 0.4) is 0 Å². The van der Waals surface area contributed by atoms with Crippen molar-refractivity contribution in [2.24, 2.45) is 0 Å². The van der Waals surface area contributed by atoms with E-state index in [4.69, 9.17) is 4.42 Å². The van der Waals surface area contributed by atoms with Crippen molar-refractivity contribution in [2.45, 2.75) is 39.5 Å². The number of nitro benzene ring substituents is 1. The molecule has 1 aliphatic carbocycles. The Bertz CT molecular complexity index is 1430. The number of rotatable bonds is 5. The van der Waals surface area contributed by atoms with E-state index < -0.39 is 10.8 Å². The lowest BCUT2D eigenvalue weighted by Gasteiger charge is -2.09. The lowest BCUT2D eigenvalue weighted by Crippen LogP contribution is -2.13. The molecular weight excluding hydrogens is 452 g/mol. The number of fused-ring (bicyclic) bond motifs is 1. The van der Waals surface area contributed by atoms with Crippen LogP contribution in [0.2, 0.25) is 0 Å².